The summed E-state index contributed by atoms with van der Waals surface area (Å²) in [4.78, 5) is 0. The van der Waals surface area contributed by atoms with Crippen LogP contribution in [0.4, 0.5) is 0 Å². The maximum absolute atomic E-state index is 9.06. The smallest absolute Gasteiger partial charge is 0.124 e. The molecule has 0 unspecified atom stereocenters. The number of aliphatic hydroxyl groups excluding tert-OH is 1. The second-order valence-corrected chi connectivity index (χ2v) is 5.84. The number of benzene rings is 3. The van der Waals surface area contributed by atoms with E-state index in [-0.39, 0.29) is 6.61 Å². The molecule has 0 heterocycles. The van der Waals surface area contributed by atoms with Crippen molar-refractivity contribution in [2.75, 3.05) is 20.3 Å². The molecule has 0 amide bonds. The molecule has 0 fully saturated rings. The average Bonchev–Trinajstić information content (AvgIpc) is 2.69. The molecular formula is C22H23NO2. The first-order valence-corrected chi connectivity index (χ1v) is 8.47. The van der Waals surface area contributed by atoms with Gasteiger partial charge in [-0.3, -0.25) is 0 Å². The normalized spacial score (nSPS) is 10.6. The summed E-state index contributed by atoms with van der Waals surface area (Å²) in [6, 6.07) is 24.9. The van der Waals surface area contributed by atoms with Crippen molar-refractivity contribution < 1.29 is 9.84 Å². The molecule has 3 heteroatoms. The van der Waals surface area contributed by atoms with Gasteiger partial charge >= 0.3 is 0 Å². The molecule has 3 aromatic carbocycles. The third-order valence-electron chi connectivity index (χ3n) is 4.21. The van der Waals surface area contributed by atoms with Crippen molar-refractivity contribution in [1.82, 2.24) is 5.32 Å². The molecule has 2 N–H and O–H groups in total. The summed E-state index contributed by atoms with van der Waals surface area (Å²) < 4.78 is 5.70. The number of hydrogen-bond acceptors (Lipinski definition) is 3. The van der Waals surface area contributed by atoms with Crippen LogP contribution in [0.5, 0.6) is 5.75 Å². The van der Waals surface area contributed by atoms with E-state index in [2.05, 4.69) is 41.7 Å². The van der Waals surface area contributed by atoms with Crippen LogP contribution in [0.1, 0.15) is 5.56 Å². The Balaban J connectivity index is 2.13. The Kier molecular flexibility index (Phi) is 5.83. The lowest BCUT2D eigenvalue weighted by Gasteiger charge is -2.17. The number of ether oxygens (including phenoxy) is 1. The highest BCUT2D eigenvalue weighted by Crippen LogP contribution is 2.36. The fraction of sp³-hybridized carbons (Fsp3) is 0.182. The van der Waals surface area contributed by atoms with E-state index in [0.29, 0.717) is 13.1 Å². The summed E-state index contributed by atoms with van der Waals surface area (Å²) in [5, 5.41) is 12.3. The highest BCUT2D eigenvalue weighted by molar-refractivity contribution is 5.78. The Bertz CT molecular complexity index is 801. The van der Waals surface area contributed by atoms with Crippen molar-refractivity contribution in [3.8, 4) is 28.0 Å². The van der Waals surface area contributed by atoms with Crippen LogP contribution in [0, 0.1) is 0 Å². The summed E-state index contributed by atoms with van der Waals surface area (Å²) in [5.41, 5.74) is 5.68. The number of methoxy groups -OCH3 is 1. The van der Waals surface area contributed by atoms with Gasteiger partial charge in [0.05, 0.1) is 13.7 Å². The van der Waals surface area contributed by atoms with Gasteiger partial charge in [-0.1, -0.05) is 60.7 Å². The minimum atomic E-state index is 0.116. The molecule has 0 bridgehead atoms. The van der Waals surface area contributed by atoms with Gasteiger partial charge in [0.15, 0.2) is 0 Å². The predicted octanol–water partition coefficient (Wildman–Crippen LogP) is 4.11. The van der Waals surface area contributed by atoms with Crippen LogP contribution < -0.4 is 10.1 Å². The van der Waals surface area contributed by atoms with Gasteiger partial charge in [-0.05, 0) is 34.4 Å². The molecule has 0 spiro atoms. The molecule has 0 atom stereocenters. The lowest BCUT2D eigenvalue weighted by atomic mass is 9.93. The predicted molar refractivity (Wildman–Crippen MR) is 103 cm³/mol. The van der Waals surface area contributed by atoms with Crippen LogP contribution in [0.15, 0.2) is 72.8 Å². The molecule has 0 aliphatic carbocycles. The van der Waals surface area contributed by atoms with E-state index in [9.17, 15) is 0 Å². The first kappa shape index (κ1) is 17.2. The summed E-state index contributed by atoms with van der Waals surface area (Å²) in [6.07, 6.45) is 0. The second kappa shape index (κ2) is 8.47. The molecule has 0 aromatic heterocycles. The molecule has 25 heavy (non-hydrogen) atoms. The minimum absolute atomic E-state index is 0.116. The van der Waals surface area contributed by atoms with E-state index in [1.54, 1.807) is 7.11 Å². The van der Waals surface area contributed by atoms with E-state index in [1.165, 1.54) is 0 Å². The number of rotatable bonds is 7. The van der Waals surface area contributed by atoms with Gasteiger partial charge in [0.1, 0.15) is 5.75 Å². The summed E-state index contributed by atoms with van der Waals surface area (Å²) in [6.45, 7) is 1.31. The zero-order chi connectivity index (χ0) is 17.5. The van der Waals surface area contributed by atoms with Crippen LogP contribution in [0.25, 0.3) is 22.3 Å². The maximum Gasteiger partial charge on any atom is 0.124 e. The fourth-order valence-electron chi connectivity index (χ4n) is 2.97. The van der Waals surface area contributed by atoms with Crippen molar-refractivity contribution in [2.45, 2.75) is 6.54 Å². The molecule has 0 saturated heterocycles. The second-order valence-electron chi connectivity index (χ2n) is 5.84. The molecule has 0 aliphatic rings. The summed E-state index contributed by atoms with van der Waals surface area (Å²) in [5.74, 6) is 0.852. The summed E-state index contributed by atoms with van der Waals surface area (Å²) >= 11 is 0. The third kappa shape index (κ3) is 4.08. The quantitative estimate of drug-likeness (QED) is 0.639. The van der Waals surface area contributed by atoms with Crippen molar-refractivity contribution in [3.63, 3.8) is 0 Å². The van der Waals surface area contributed by atoms with Crippen LogP contribution in [-0.4, -0.2) is 25.4 Å². The standard InChI is InChI=1S/C22H23NO2/c1-25-22-15-19(17-8-4-2-5-9-17)14-20(18-10-6-3-7-11-18)21(22)16-23-12-13-24/h2-11,14-15,23-24H,12-13,16H2,1H3. The van der Waals surface area contributed by atoms with Crippen molar-refractivity contribution in [3.05, 3.63) is 78.4 Å². The first-order chi connectivity index (χ1) is 12.3. The minimum Gasteiger partial charge on any atom is -0.496 e. The maximum atomic E-state index is 9.06. The Morgan fingerprint density at radius 3 is 2.08 bits per heavy atom. The lowest BCUT2D eigenvalue weighted by molar-refractivity contribution is 0.291. The van der Waals surface area contributed by atoms with E-state index in [4.69, 9.17) is 9.84 Å². The Labute approximate surface area is 148 Å². The Morgan fingerprint density at radius 1 is 0.840 bits per heavy atom. The van der Waals surface area contributed by atoms with Crippen molar-refractivity contribution in [2.24, 2.45) is 0 Å². The van der Waals surface area contributed by atoms with Gasteiger partial charge in [0, 0.05) is 18.7 Å². The van der Waals surface area contributed by atoms with Crippen LogP contribution >= 0.6 is 0 Å². The Hall–Kier alpha value is -2.62. The van der Waals surface area contributed by atoms with E-state index >= 15 is 0 Å². The van der Waals surface area contributed by atoms with E-state index < -0.39 is 0 Å². The van der Waals surface area contributed by atoms with Crippen LogP contribution in [0.2, 0.25) is 0 Å². The zero-order valence-corrected chi connectivity index (χ0v) is 14.4. The number of hydrogen-bond donors (Lipinski definition) is 2. The van der Waals surface area contributed by atoms with Crippen LogP contribution in [-0.2, 0) is 6.54 Å². The van der Waals surface area contributed by atoms with E-state index in [0.717, 1.165) is 33.6 Å². The van der Waals surface area contributed by atoms with Gasteiger partial charge in [0.2, 0.25) is 0 Å². The Morgan fingerprint density at radius 2 is 1.48 bits per heavy atom. The van der Waals surface area contributed by atoms with Crippen LogP contribution in [0.3, 0.4) is 0 Å². The van der Waals surface area contributed by atoms with E-state index in [1.807, 2.05) is 36.4 Å². The first-order valence-electron chi connectivity index (χ1n) is 8.47. The zero-order valence-electron chi connectivity index (χ0n) is 14.4. The van der Waals surface area contributed by atoms with Gasteiger partial charge in [-0.15, -0.1) is 0 Å². The van der Waals surface area contributed by atoms with Gasteiger partial charge in [-0.2, -0.15) is 0 Å². The monoisotopic (exact) mass is 333 g/mol. The third-order valence-corrected chi connectivity index (χ3v) is 4.21. The fourth-order valence-corrected chi connectivity index (χ4v) is 2.97. The van der Waals surface area contributed by atoms with Crippen molar-refractivity contribution in [1.29, 1.82) is 0 Å². The molecule has 0 saturated carbocycles. The van der Waals surface area contributed by atoms with Gasteiger partial charge in [0.25, 0.3) is 0 Å². The molecule has 0 aliphatic heterocycles. The number of aliphatic hydroxyl groups is 1. The highest BCUT2D eigenvalue weighted by atomic mass is 16.5. The van der Waals surface area contributed by atoms with Gasteiger partial charge in [-0.25, -0.2) is 0 Å². The molecule has 3 rings (SSSR count). The largest absolute Gasteiger partial charge is 0.496 e. The molecule has 0 radical (unpaired) electrons. The molecule has 3 nitrogen and oxygen atoms in total. The molecule has 128 valence electrons. The lowest BCUT2D eigenvalue weighted by Crippen LogP contribution is -2.18. The number of nitrogens with one attached hydrogen (secondary N) is 1. The summed E-state index contributed by atoms with van der Waals surface area (Å²) in [7, 11) is 1.70. The molecule has 3 aromatic rings. The van der Waals surface area contributed by atoms with Crippen molar-refractivity contribution >= 4 is 0 Å². The SMILES string of the molecule is COc1cc(-c2ccccc2)cc(-c2ccccc2)c1CNCCO. The molecular weight excluding hydrogens is 310 g/mol. The topological polar surface area (TPSA) is 41.5 Å². The highest BCUT2D eigenvalue weighted by Gasteiger charge is 2.14. The van der Waals surface area contributed by atoms with Gasteiger partial charge < -0.3 is 15.2 Å². The average molecular weight is 333 g/mol.